The summed E-state index contributed by atoms with van der Waals surface area (Å²) in [4.78, 5) is 2.50. The van der Waals surface area contributed by atoms with E-state index in [1.165, 1.54) is 55.5 Å². The molecule has 170 valence electrons. The van der Waals surface area contributed by atoms with Crippen LogP contribution in [0.3, 0.4) is 0 Å². The van der Waals surface area contributed by atoms with Gasteiger partial charge < -0.3 is 9.32 Å². The summed E-state index contributed by atoms with van der Waals surface area (Å²) in [5.41, 5.74) is 12.4. The number of fused-ring (bicyclic) bond motifs is 6. The molecule has 1 aliphatic carbocycles. The predicted octanol–water partition coefficient (Wildman–Crippen LogP) is 8.91. The molecule has 2 heteroatoms. The summed E-state index contributed by atoms with van der Waals surface area (Å²) >= 11 is 0. The van der Waals surface area contributed by atoms with Crippen LogP contribution in [0, 0.1) is 20.8 Å². The van der Waals surface area contributed by atoms with Crippen LogP contribution >= 0.6 is 0 Å². The largest absolute Gasteiger partial charge is 0.456 e. The Labute approximate surface area is 205 Å². The summed E-state index contributed by atoms with van der Waals surface area (Å²) in [7, 11) is 0. The smallest absolute Gasteiger partial charge is 0.135 e. The minimum Gasteiger partial charge on any atom is -0.456 e. The van der Waals surface area contributed by atoms with E-state index < -0.39 is 0 Å². The molecule has 0 spiro atoms. The number of benzene rings is 4. The van der Waals surface area contributed by atoms with E-state index in [1.807, 2.05) is 12.1 Å². The average Bonchev–Trinajstić information content (AvgIpc) is 3.38. The van der Waals surface area contributed by atoms with Gasteiger partial charge in [-0.05, 0) is 85.0 Å². The fourth-order valence-electron chi connectivity index (χ4n) is 6.30. The normalized spacial score (nSPS) is 18.4. The molecule has 0 fully saturated rings. The van der Waals surface area contributed by atoms with Crippen LogP contribution in [0.4, 0.5) is 11.4 Å². The maximum atomic E-state index is 6.10. The number of anilines is 2. The Morgan fingerprint density at radius 3 is 2.34 bits per heavy atom. The molecular formula is C33H27NO. The van der Waals surface area contributed by atoms with Crippen LogP contribution in [-0.2, 0) is 0 Å². The van der Waals surface area contributed by atoms with Crippen molar-refractivity contribution in [1.82, 2.24) is 0 Å². The fraction of sp³-hybridized carbons (Fsp3) is 0.152. The Hall–Kier alpha value is -4.04. The Morgan fingerprint density at radius 2 is 1.49 bits per heavy atom. The van der Waals surface area contributed by atoms with E-state index in [4.69, 9.17) is 4.42 Å². The van der Waals surface area contributed by atoms with Crippen LogP contribution in [0.1, 0.15) is 28.2 Å². The lowest BCUT2D eigenvalue weighted by molar-refractivity contribution is 0.669. The van der Waals surface area contributed by atoms with E-state index in [0.717, 1.165) is 11.2 Å². The molecule has 0 saturated heterocycles. The molecule has 5 aromatic rings. The van der Waals surface area contributed by atoms with Crippen LogP contribution in [0.25, 0.3) is 33.1 Å². The third kappa shape index (κ3) is 3.03. The fourth-order valence-corrected chi connectivity index (χ4v) is 6.30. The Morgan fingerprint density at radius 1 is 0.714 bits per heavy atom. The number of aryl methyl sites for hydroxylation is 3. The molecule has 4 aromatic carbocycles. The van der Waals surface area contributed by atoms with Gasteiger partial charge in [0.05, 0.1) is 6.04 Å². The van der Waals surface area contributed by atoms with Gasteiger partial charge in [0.25, 0.3) is 0 Å². The van der Waals surface area contributed by atoms with Crippen molar-refractivity contribution >= 4 is 33.3 Å². The predicted molar refractivity (Wildman–Crippen MR) is 147 cm³/mol. The van der Waals surface area contributed by atoms with Gasteiger partial charge in [0.15, 0.2) is 0 Å². The van der Waals surface area contributed by atoms with Crippen LogP contribution in [-0.4, -0.2) is 6.04 Å². The van der Waals surface area contributed by atoms with Gasteiger partial charge in [0.1, 0.15) is 11.2 Å². The molecule has 7 rings (SSSR count). The van der Waals surface area contributed by atoms with Crippen molar-refractivity contribution in [2.45, 2.75) is 32.7 Å². The molecule has 0 N–H and O–H groups in total. The van der Waals surface area contributed by atoms with Crippen molar-refractivity contribution in [3.05, 3.63) is 119 Å². The molecule has 1 aliphatic heterocycles. The third-order valence-corrected chi connectivity index (χ3v) is 7.65. The average molecular weight is 454 g/mol. The summed E-state index contributed by atoms with van der Waals surface area (Å²) in [5, 5.41) is 2.33. The van der Waals surface area contributed by atoms with Crippen molar-refractivity contribution < 1.29 is 4.42 Å². The summed E-state index contributed by atoms with van der Waals surface area (Å²) < 4.78 is 6.10. The zero-order valence-electron chi connectivity index (χ0n) is 20.2. The van der Waals surface area contributed by atoms with Crippen LogP contribution in [0.2, 0.25) is 0 Å². The molecule has 1 aromatic heterocycles. The van der Waals surface area contributed by atoms with Crippen molar-refractivity contribution in [3.8, 4) is 11.1 Å². The van der Waals surface area contributed by atoms with Crippen LogP contribution < -0.4 is 4.90 Å². The van der Waals surface area contributed by atoms with Gasteiger partial charge in [-0.2, -0.15) is 0 Å². The first kappa shape index (κ1) is 20.3. The summed E-state index contributed by atoms with van der Waals surface area (Å²) in [5.74, 6) is 0.331. The molecule has 1 unspecified atom stereocenters. The number of furan rings is 1. The topological polar surface area (TPSA) is 16.4 Å². The SMILES string of the molecule is Cc1cc(C)c(-c2ccc3c(c2)[C@H]2C=CC=CC2N3c2ccc3oc4ccccc4c3c2)c(C)c1. The van der Waals surface area contributed by atoms with E-state index >= 15 is 0 Å². The molecule has 0 amide bonds. The van der Waals surface area contributed by atoms with Crippen molar-refractivity contribution in [2.75, 3.05) is 4.90 Å². The number of rotatable bonds is 2. The van der Waals surface area contributed by atoms with Crippen LogP contribution in [0.15, 0.2) is 102 Å². The second kappa shape index (κ2) is 7.48. The minimum atomic E-state index is 0.265. The van der Waals surface area contributed by atoms with Crippen LogP contribution in [0.5, 0.6) is 0 Å². The zero-order chi connectivity index (χ0) is 23.7. The highest BCUT2D eigenvalue weighted by molar-refractivity contribution is 6.06. The molecule has 2 nitrogen and oxygen atoms in total. The van der Waals surface area contributed by atoms with E-state index in [0.29, 0.717) is 5.92 Å². The second-order valence-electron chi connectivity index (χ2n) is 9.98. The van der Waals surface area contributed by atoms with Gasteiger partial charge in [-0.3, -0.25) is 0 Å². The lowest BCUT2D eigenvalue weighted by atomic mass is 9.88. The Kier molecular flexibility index (Phi) is 4.35. The number of para-hydroxylation sites is 1. The maximum Gasteiger partial charge on any atom is 0.135 e. The van der Waals surface area contributed by atoms with Gasteiger partial charge in [-0.15, -0.1) is 0 Å². The van der Waals surface area contributed by atoms with E-state index in [1.54, 1.807) is 0 Å². The van der Waals surface area contributed by atoms with Crippen molar-refractivity contribution in [1.29, 1.82) is 0 Å². The molecule has 0 saturated carbocycles. The lowest BCUT2D eigenvalue weighted by Crippen LogP contribution is -2.28. The Balaban J connectivity index is 1.40. The van der Waals surface area contributed by atoms with E-state index in [-0.39, 0.29) is 6.04 Å². The monoisotopic (exact) mass is 453 g/mol. The maximum absolute atomic E-state index is 6.10. The van der Waals surface area contributed by atoms with Crippen molar-refractivity contribution in [2.24, 2.45) is 0 Å². The third-order valence-electron chi connectivity index (χ3n) is 7.65. The van der Waals surface area contributed by atoms with Gasteiger partial charge >= 0.3 is 0 Å². The first-order chi connectivity index (χ1) is 17.1. The molecule has 35 heavy (non-hydrogen) atoms. The summed E-state index contributed by atoms with van der Waals surface area (Å²) in [6.45, 7) is 6.63. The highest BCUT2D eigenvalue weighted by atomic mass is 16.3. The molecule has 2 atom stereocenters. The second-order valence-corrected chi connectivity index (χ2v) is 9.98. The number of hydrogen-bond donors (Lipinski definition) is 0. The van der Waals surface area contributed by atoms with Gasteiger partial charge in [-0.1, -0.05) is 66.3 Å². The molecule has 2 heterocycles. The molecule has 2 aliphatic rings. The van der Waals surface area contributed by atoms with Gasteiger partial charge in [0.2, 0.25) is 0 Å². The van der Waals surface area contributed by atoms with Gasteiger partial charge in [-0.25, -0.2) is 0 Å². The van der Waals surface area contributed by atoms with E-state index in [9.17, 15) is 0 Å². The quantitative estimate of drug-likeness (QED) is 0.265. The highest BCUT2D eigenvalue weighted by Crippen LogP contribution is 2.49. The minimum absolute atomic E-state index is 0.265. The van der Waals surface area contributed by atoms with Crippen molar-refractivity contribution in [3.63, 3.8) is 0 Å². The zero-order valence-corrected chi connectivity index (χ0v) is 20.2. The Bertz CT molecular complexity index is 1680. The summed E-state index contributed by atoms with van der Waals surface area (Å²) in [6, 6.07) is 26.8. The van der Waals surface area contributed by atoms with Gasteiger partial charge in [0, 0.05) is 28.1 Å². The first-order valence-corrected chi connectivity index (χ1v) is 12.4. The first-order valence-electron chi connectivity index (χ1n) is 12.4. The lowest BCUT2D eigenvalue weighted by Gasteiger charge is -2.28. The molecule has 0 radical (unpaired) electrons. The van der Waals surface area contributed by atoms with E-state index in [2.05, 4.69) is 111 Å². The molecule has 0 bridgehead atoms. The number of hydrogen-bond acceptors (Lipinski definition) is 2. The standard InChI is InChI=1S/C33H27NO/c1-20-16-21(2)33(22(3)17-20)23-12-14-30-27(18-23)25-8-4-6-10-29(25)34(30)24-13-15-32-28(19-24)26-9-5-7-11-31(26)35-32/h4-19,25,29H,1-3H3/t25-,29?/m1/s1. The molecular weight excluding hydrogens is 426 g/mol. The number of nitrogens with zero attached hydrogens (tertiary/aromatic N) is 1. The highest BCUT2D eigenvalue weighted by Gasteiger charge is 2.37. The summed E-state index contributed by atoms with van der Waals surface area (Å²) in [6.07, 6.45) is 9.07. The number of allylic oxidation sites excluding steroid dienone is 2.